The number of nitrogens with zero attached hydrogens (tertiary/aromatic N) is 5. The molecule has 2 aromatic carbocycles. The Morgan fingerprint density at radius 1 is 1.06 bits per heavy atom. The molecule has 1 N–H and O–H groups in total. The van der Waals surface area contributed by atoms with Crippen molar-refractivity contribution < 1.29 is 9.53 Å². The molecule has 174 valence electrons. The summed E-state index contributed by atoms with van der Waals surface area (Å²) in [6.07, 6.45) is 0. The number of halogens is 1. The molecule has 0 bridgehead atoms. The van der Waals surface area contributed by atoms with Crippen LogP contribution in [-0.2, 0) is 0 Å². The minimum Gasteiger partial charge on any atom is -0.495 e. The van der Waals surface area contributed by atoms with E-state index in [1.165, 1.54) is 0 Å². The van der Waals surface area contributed by atoms with Gasteiger partial charge in [0.15, 0.2) is 11.5 Å². The molecule has 8 nitrogen and oxygen atoms in total. The first-order chi connectivity index (χ1) is 16.0. The second kappa shape index (κ2) is 10.2. The van der Waals surface area contributed by atoms with Gasteiger partial charge in [0.25, 0.3) is 5.91 Å². The predicted molar refractivity (Wildman–Crippen MR) is 133 cm³/mol. The van der Waals surface area contributed by atoms with Crippen LogP contribution >= 0.6 is 11.6 Å². The molecule has 1 amide bonds. The zero-order chi connectivity index (χ0) is 23.4. The molecule has 0 saturated carbocycles. The van der Waals surface area contributed by atoms with Gasteiger partial charge in [-0.3, -0.25) is 4.79 Å². The minimum absolute atomic E-state index is 0.204. The van der Waals surface area contributed by atoms with E-state index in [1.807, 2.05) is 61.5 Å². The van der Waals surface area contributed by atoms with Gasteiger partial charge in [-0.2, -0.15) is 0 Å². The summed E-state index contributed by atoms with van der Waals surface area (Å²) in [5.74, 6) is 1.40. The monoisotopic (exact) mass is 468 g/mol. The standard InChI is InChI=1S/C24H29ClN6O2/c1-29(2)11-10-26-24(32)22-18-6-4-5-7-19(18)23(28-27-22)31-14-12-30(13-15-31)20-16-17(25)8-9-21(20)33-3/h4-9,16H,10-15H2,1-3H3,(H,26,32). The van der Waals surface area contributed by atoms with Crippen LogP contribution in [0.25, 0.3) is 10.8 Å². The van der Waals surface area contributed by atoms with Crippen molar-refractivity contribution in [2.24, 2.45) is 0 Å². The third kappa shape index (κ3) is 5.12. The average Bonchev–Trinajstić information content (AvgIpc) is 2.83. The van der Waals surface area contributed by atoms with E-state index in [4.69, 9.17) is 16.3 Å². The molecule has 0 atom stereocenters. The summed E-state index contributed by atoms with van der Waals surface area (Å²) in [5.41, 5.74) is 1.35. The molecule has 1 fully saturated rings. The first kappa shape index (κ1) is 23.1. The van der Waals surface area contributed by atoms with E-state index in [0.29, 0.717) is 17.3 Å². The van der Waals surface area contributed by atoms with Crippen LogP contribution in [0.5, 0.6) is 5.75 Å². The van der Waals surface area contributed by atoms with Crippen LogP contribution in [0.15, 0.2) is 42.5 Å². The molecule has 1 aromatic heterocycles. The molecule has 0 spiro atoms. The zero-order valence-electron chi connectivity index (χ0n) is 19.2. The van der Waals surface area contributed by atoms with E-state index < -0.39 is 0 Å². The zero-order valence-corrected chi connectivity index (χ0v) is 20.0. The molecule has 0 unspecified atom stereocenters. The highest BCUT2D eigenvalue weighted by Gasteiger charge is 2.24. The predicted octanol–water partition coefficient (Wildman–Crippen LogP) is 2.91. The van der Waals surface area contributed by atoms with Crippen molar-refractivity contribution in [2.45, 2.75) is 0 Å². The van der Waals surface area contributed by atoms with Crippen LogP contribution in [0.1, 0.15) is 10.5 Å². The van der Waals surface area contributed by atoms with Crippen LogP contribution in [-0.4, -0.2) is 81.5 Å². The molecule has 1 aliphatic rings. The maximum atomic E-state index is 12.7. The number of methoxy groups -OCH3 is 1. The Balaban J connectivity index is 1.53. The van der Waals surface area contributed by atoms with Crippen LogP contribution in [0.4, 0.5) is 11.5 Å². The number of hydrogen-bond acceptors (Lipinski definition) is 7. The van der Waals surface area contributed by atoms with Crippen LogP contribution in [0.2, 0.25) is 5.02 Å². The van der Waals surface area contributed by atoms with Crippen LogP contribution in [0, 0.1) is 0 Å². The SMILES string of the molecule is COc1ccc(Cl)cc1N1CCN(c2nnc(C(=O)NCCN(C)C)c3ccccc23)CC1. The summed E-state index contributed by atoms with van der Waals surface area (Å²) in [6, 6.07) is 13.5. The van der Waals surface area contributed by atoms with E-state index >= 15 is 0 Å². The lowest BCUT2D eigenvalue weighted by Crippen LogP contribution is -2.47. The molecule has 4 rings (SSSR count). The Bertz CT molecular complexity index is 1130. The van der Waals surface area contributed by atoms with E-state index in [1.54, 1.807) is 7.11 Å². The van der Waals surface area contributed by atoms with Gasteiger partial charge in [-0.25, -0.2) is 0 Å². The number of carbonyl (C=O) groups is 1. The number of likely N-dealkylation sites (N-methyl/N-ethyl adjacent to an activating group) is 1. The number of anilines is 2. The smallest absolute Gasteiger partial charge is 0.272 e. The second-order valence-electron chi connectivity index (χ2n) is 8.27. The summed E-state index contributed by atoms with van der Waals surface area (Å²) in [7, 11) is 5.61. The fourth-order valence-corrected chi connectivity index (χ4v) is 4.20. The first-order valence-corrected chi connectivity index (χ1v) is 11.4. The lowest BCUT2D eigenvalue weighted by atomic mass is 10.1. The largest absolute Gasteiger partial charge is 0.495 e. The molecule has 2 heterocycles. The van der Waals surface area contributed by atoms with Gasteiger partial charge in [-0.15, -0.1) is 10.2 Å². The van der Waals surface area contributed by atoms with Crippen molar-refractivity contribution in [2.75, 3.05) is 70.3 Å². The van der Waals surface area contributed by atoms with Crippen LogP contribution in [0.3, 0.4) is 0 Å². The van der Waals surface area contributed by atoms with Gasteiger partial charge in [-0.1, -0.05) is 35.9 Å². The van der Waals surface area contributed by atoms with Gasteiger partial charge in [-0.05, 0) is 32.3 Å². The van der Waals surface area contributed by atoms with Gasteiger partial charge in [0.2, 0.25) is 0 Å². The van der Waals surface area contributed by atoms with Gasteiger partial charge in [0, 0.05) is 55.1 Å². The molecule has 3 aromatic rings. The van der Waals surface area contributed by atoms with Crippen molar-refractivity contribution in [1.29, 1.82) is 0 Å². The van der Waals surface area contributed by atoms with E-state index in [2.05, 4.69) is 25.3 Å². The summed E-state index contributed by atoms with van der Waals surface area (Å²) >= 11 is 6.22. The molecule has 1 saturated heterocycles. The lowest BCUT2D eigenvalue weighted by Gasteiger charge is -2.37. The highest BCUT2D eigenvalue weighted by Crippen LogP contribution is 2.33. The fraction of sp³-hybridized carbons (Fsp3) is 0.375. The molecular weight excluding hydrogens is 440 g/mol. The normalized spacial score (nSPS) is 14.1. The number of hydrogen-bond donors (Lipinski definition) is 1. The van der Waals surface area contributed by atoms with Gasteiger partial charge in [0.1, 0.15) is 5.75 Å². The highest BCUT2D eigenvalue weighted by atomic mass is 35.5. The number of ether oxygens (including phenoxy) is 1. The van der Waals surface area contributed by atoms with E-state index in [9.17, 15) is 4.79 Å². The van der Waals surface area contributed by atoms with Gasteiger partial charge >= 0.3 is 0 Å². The van der Waals surface area contributed by atoms with Crippen molar-refractivity contribution >= 4 is 39.8 Å². The molecule has 0 aliphatic carbocycles. The maximum Gasteiger partial charge on any atom is 0.272 e. The summed E-state index contributed by atoms with van der Waals surface area (Å²) in [4.78, 5) is 19.2. The van der Waals surface area contributed by atoms with Gasteiger partial charge < -0.3 is 24.8 Å². The maximum absolute atomic E-state index is 12.7. The van der Waals surface area contributed by atoms with E-state index in [-0.39, 0.29) is 5.91 Å². The van der Waals surface area contributed by atoms with Crippen molar-refractivity contribution in [3.05, 3.63) is 53.2 Å². The number of fused-ring (bicyclic) bond motifs is 1. The fourth-order valence-electron chi connectivity index (χ4n) is 4.04. The number of rotatable bonds is 7. The topological polar surface area (TPSA) is 73.8 Å². The Kier molecular flexibility index (Phi) is 7.15. The quantitative estimate of drug-likeness (QED) is 0.571. The number of amides is 1. The summed E-state index contributed by atoms with van der Waals surface area (Å²) in [5, 5.41) is 14.2. The summed E-state index contributed by atoms with van der Waals surface area (Å²) < 4.78 is 5.52. The number of carbonyl (C=O) groups excluding carboxylic acids is 1. The molecule has 9 heteroatoms. The molecular formula is C24H29ClN6O2. The second-order valence-corrected chi connectivity index (χ2v) is 8.70. The number of piperazine rings is 1. The average molecular weight is 469 g/mol. The third-order valence-corrected chi connectivity index (χ3v) is 6.02. The Hall–Kier alpha value is -3.10. The molecule has 33 heavy (non-hydrogen) atoms. The van der Waals surface area contributed by atoms with Crippen molar-refractivity contribution in [3.63, 3.8) is 0 Å². The van der Waals surface area contributed by atoms with E-state index in [0.717, 1.165) is 60.8 Å². The van der Waals surface area contributed by atoms with Gasteiger partial charge in [0.05, 0.1) is 12.8 Å². The van der Waals surface area contributed by atoms with Crippen molar-refractivity contribution in [1.82, 2.24) is 20.4 Å². The number of aromatic nitrogens is 2. The third-order valence-electron chi connectivity index (χ3n) is 5.79. The Morgan fingerprint density at radius 2 is 1.76 bits per heavy atom. The number of nitrogens with one attached hydrogen (secondary N) is 1. The minimum atomic E-state index is -0.204. The molecule has 1 aliphatic heterocycles. The highest BCUT2D eigenvalue weighted by molar-refractivity contribution is 6.31. The van der Waals surface area contributed by atoms with Crippen molar-refractivity contribution in [3.8, 4) is 5.75 Å². The Labute approximate surface area is 199 Å². The Morgan fingerprint density at radius 3 is 2.45 bits per heavy atom. The van der Waals surface area contributed by atoms with Crippen LogP contribution < -0.4 is 19.9 Å². The number of benzene rings is 2. The molecule has 0 radical (unpaired) electrons. The summed E-state index contributed by atoms with van der Waals surface area (Å²) in [6.45, 7) is 4.43. The first-order valence-electron chi connectivity index (χ1n) is 11.0. The lowest BCUT2D eigenvalue weighted by molar-refractivity contribution is 0.0947.